The number of hydrogen-bond acceptors (Lipinski definition) is 1. The van der Waals surface area contributed by atoms with E-state index in [1.807, 2.05) is 6.20 Å². The summed E-state index contributed by atoms with van der Waals surface area (Å²) in [6.45, 7) is 5.32. The van der Waals surface area contributed by atoms with Gasteiger partial charge in [0.1, 0.15) is 0 Å². The molecule has 0 aliphatic heterocycles. The molecule has 1 saturated carbocycles. The van der Waals surface area contributed by atoms with Gasteiger partial charge >= 0.3 is 0 Å². The minimum absolute atomic E-state index is 0.867. The zero-order chi connectivity index (χ0) is 22.4. The Morgan fingerprint density at radius 1 is 1.06 bits per heavy atom. The van der Waals surface area contributed by atoms with E-state index >= 15 is 0 Å². The minimum Gasteiger partial charge on any atom is -0.344 e. The average Bonchev–Trinajstić information content (AvgIpc) is 3.54. The lowest BCUT2D eigenvalue weighted by Crippen LogP contribution is -2.07. The highest BCUT2D eigenvalue weighted by Gasteiger charge is 2.31. The first-order chi connectivity index (χ1) is 16.1. The highest BCUT2D eigenvalue weighted by Crippen LogP contribution is 2.44. The summed E-state index contributed by atoms with van der Waals surface area (Å²) in [4.78, 5) is 4.51. The van der Waals surface area contributed by atoms with Gasteiger partial charge in [-0.15, -0.1) is 0 Å². The zero-order valence-corrected chi connectivity index (χ0v) is 20.1. The van der Waals surface area contributed by atoms with Crippen molar-refractivity contribution in [1.82, 2.24) is 9.55 Å². The molecule has 0 bridgehead atoms. The van der Waals surface area contributed by atoms with Crippen molar-refractivity contribution in [3.8, 4) is 0 Å². The van der Waals surface area contributed by atoms with Crippen LogP contribution in [-0.4, -0.2) is 9.55 Å². The van der Waals surface area contributed by atoms with Crippen LogP contribution < -0.4 is 0 Å². The van der Waals surface area contributed by atoms with Crippen molar-refractivity contribution in [2.45, 2.75) is 71.8 Å². The predicted molar refractivity (Wildman–Crippen MR) is 137 cm³/mol. The van der Waals surface area contributed by atoms with Gasteiger partial charge in [0.05, 0.1) is 0 Å². The molecular weight excluding hydrogens is 400 g/mol. The molecular formula is C31H35N2. The van der Waals surface area contributed by atoms with Crippen LogP contribution in [0.1, 0.15) is 60.2 Å². The first-order valence-corrected chi connectivity index (χ1v) is 12.9. The van der Waals surface area contributed by atoms with E-state index in [4.69, 9.17) is 0 Å². The molecule has 1 fully saturated rings. The summed E-state index contributed by atoms with van der Waals surface area (Å²) in [5, 5.41) is 1.47. The van der Waals surface area contributed by atoms with E-state index in [1.165, 1.54) is 60.6 Å². The van der Waals surface area contributed by atoms with Crippen molar-refractivity contribution in [2.24, 2.45) is 11.8 Å². The molecule has 2 aromatic heterocycles. The molecule has 6 rings (SSSR count). The highest BCUT2D eigenvalue weighted by atomic mass is 15.0. The number of benzene rings is 1. The maximum absolute atomic E-state index is 4.51. The second-order valence-corrected chi connectivity index (χ2v) is 10.6. The largest absolute Gasteiger partial charge is 0.344 e. The van der Waals surface area contributed by atoms with Gasteiger partial charge in [0.25, 0.3) is 0 Å². The molecule has 0 amide bonds. The van der Waals surface area contributed by atoms with Crippen LogP contribution in [0.3, 0.4) is 0 Å². The number of nitrogens with zero attached hydrogens (tertiary/aromatic N) is 2. The lowest BCUT2D eigenvalue weighted by molar-refractivity contribution is 0.515. The molecule has 0 saturated heterocycles. The van der Waals surface area contributed by atoms with Gasteiger partial charge in [-0.25, -0.2) is 0 Å². The van der Waals surface area contributed by atoms with E-state index in [0.29, 0.717) is 0 Å². The van der Waals surface area contributed by atoms with Crippen LogP contribution in [0.15, 0.2) is 59.8 Å². The lowest BCUT2D eigenvalue weighted by Gasteiger charge is -2.14. The molecule has 169 valence electrons. The third-order valence-electron chi connectivity index (χ3n) is 8.24. The maximum atomic E-state index is 4.51. The zero-order valence-electron chi connectivity index (χ0n) is 20.1. The summed E-state index contributed by atoms with van der Waals surface area (Å²) < 4.78 is 2.63. The first kappa shape index (κ1) is 21.0. The van der Waals surface area contributed by atoms with Gasteiger partial charge in [0.15, 0.2) is 0 Å². The standard InChI is InChI=1S/C31H35N2/c1-21-3-13-31-29(17-21)28-12-7-23(18-25-6-9-27(19-25)26-10-11-26)8-14-30(28)33(31)16-15-24-5-4-22(2)32-20-24/h3-5,7,10-11,13,17,20,25,27H,6,8-9,12,14-16,18-19H2,1-2H3. The van der Waals surface area contributed by atoms with Crippen molar-refractivity contribution in [3.05, 3.63) is 94.3 Å². The molecule has 3 aromatic rings. The maximum Gasteiger partial charge on any atom is 0.0485 e. The molecule has 0 spiro atoms. The summed E-state index contributed by atoms with van der Waals surface area (Å²) in [5.41, 5.74) is 11.7. The summed E-state index contributed by atoms with van der Waals surface area (Å²) in [6.07, 6.45) is 19.4. The molecule has 1 aromatic carbocycles. The van der Waals surface area contributed by atoms with Gasteiger partial charge in [-0.3, -0.25) is 4.98 Å². The number of pyridine rings is 1. The highest BCUT2D eigenvalue weighted by molar-refractivity contribution is 5.86. The molecule has 0 N–H and O–H groups in total. The summed E-state index contributed by atoms with van der Waals surface area (Å²) in [5.74, 6) is 1.76. The molecule has 2 heteroatoms. The fraction of sp³-hybridized carbons (Fsp3) is 0.419. The first-order valence-electron chi connectivity index (χ1n) is 12.9. The van der Waals surface area contributed by atoms with E-state index in [0.717, 1.165) is 36.9 Å². The molecule has 3 aliphatic rings. The van der Waals surface area contributed by atoms with Crippen LogP contribution in [0, 0.1) is 32.1 Å². The Balaban J connectivity index is 1.23. The van der Waals surface area contributed by atoms with E-state index in [2.05, 4.69) is 72.3 Å². The summed E-state index contributed by atoms with van der Waals surface area (Å²) in [6, 6.07) is 11.4. The second-order valence-electron chi connectivity index (χ2n) is 10.6. The summed E-state index contributed by atoms with van der Waals surface area (Å²) in [7, 11) is 0. The van der Waals surface area contributed by atoms with Crippen LogP contribution in [0.5, 0.6) is 0 Å². The Morgan fingerprint density at radius 2 is 1.97 bits per heavy atom. The van der Waals surface area contributed by atoms with E-state index in [9.17, 15) is 0 Å². The third kappa shape index (κ3) is 4.33. The monoisotopic (exact) mass is 435 g/mol. The van der Waals surface area contributed by atoms with E-state index < -0.39 is 0 Å². The SMILES string of the molecule is Cc1ccc2c(c1)c1c(n2CCc2ccc(C)nc2)CCC(CC2CCC(C3=C[CH]3)C2)=CC1. The van der Waals surface area contributed by atoms with E-state index in [1.54, 1.807) is 22.4 Å². The molecule has 2 unspecified atom stereocenters. The lowest BCUT2D eigenvalue weighted by atomic mass is 9.93. The number of rotatable bonds is 6. The smallest absolute Gasteiger partial charge is 0.0485 e. The molecule has 33 heavy (non-hydrogen) atoms. The predicted octanol–water partition coefficient (Wildman–Crippen LogP) is 7.26. The van der Waals surface area contributed by atoms with Crippen LogP contribution >= 0.6 is 0 Å². The van der Waals surface area contributed by atoms with Crippen LogP contribution in [0.4, 0.5) is 0 Å². The van der Waals surface area contributed by atoms with Crippen LogP contribution in [0.25, 0.3) is 10.9 Å². The normalized spacial score (nSPS) is 22.1. The van der Waals surface area contributed by atoms with Gasteiger partial charge in [-0.1, -0.05) is 41.0 Å². The fourth-order valence-corrected chi connectivity index (χ4v) is 6.31. The van der Waals surface area contributed by atoms with Crippen molar-refractivity contribution in [1.29, 1.82) is 0 Å². The summed E-state index contributed by atoms with van der Waals surface area (Å²) >= 11 is 0. The van der Waals surface area contributed by atoms with Crippen LogP contribution in [0.2, 0.25) is 0 Å². The minimum atomic E-state index is 0.867. The molecule has 3 aliphatic carbocycles. The number of aryl methyl sites for hydroxylation is 4. The van der Waals surface area contributed by atoms with Gasteiger partial charge in [-0.2, -0.15) is 0 Å². The van der Waals surface area contributed by atoms with E-state index in [-0.39, 0.29) is 0 Å². The Hall–Kier alpha value is -2.61. The fourth-order valence-electron chi connectivity index (χ4n) is 6.31. The Morgan fingerprint density at radius 3 is 2.79 bits per heavy atom. The second kappa shape index (κ2) is 8.63. The number of allylic oxidation sites excluding steroid dienone is 4. The molecule has 2 nitrogen and oxygen atoms in total. The Kier molecular flexibility index (Phi) is 5.48. The van der Waals surface area contributed by atoms with Crippen LogP contribution in [-0.2, 0) is 25.8 Å². The third-order valence-corrected chi connectivity index (χ3v) is 8.24. The van der Waals surface area contributed by atoms with Crippen molar-refractivity contribution in [2.75, 3.05) is 0 Å². The van der Waals surface area contributed by atoms with Gasteiger partial charge in [0, 0.05) is 41.5 Å². The van der Waals surface area contributed by atoms with Gasteiger partial charge in [0.2, 0.25) is 0 Å². The Bertz CT molecular complexity index is 1240. The van der Waals surface area contributed by atoms with Gasteiger partial charge < -0.3 is 4.57 Å². The van der Waals surface area contributed by atoms with Gasteiger partial charge in [-0.05, 0) is 106 Å². The van der Waals surface area contributed by atoms with Crippen molar-refractivity contribution in [3.63, 3.8) is 0 Å². The molecule has 2 heterocycles. The average molecular weight is 436 g/mol. The topological polar surface area (TPSA) is 17.8 Å². The molecule has 2 atom stereocenters. The number of hydrogen-bond donors (Lipinski definition) is 0. The van der Waals surface area contributed by atoms with Crippen molar-refractivity contribution < 1.29 is 0 Å². The molecule has 1 radical (unpaired) electrons. The van der Waals surface area contributed by atoms with Crippen molar-refractivity contribution >= 4 is 10.9 Å². The Labute approximate surface area is 198 Å². The number of fused-ring (bicyclic) bond motifs is 3. The number of aromatic nitrogens is 2. The quantitative estimate of drug-likeness (QED) is 0.373.